The molecule has 0 saturated heterocycles. The Morgan fingerprint density at radius 1 is 1.05 bits per heavy atom. The number of nitrogens with two attached hydrogens (primary N) is 1. The molecule has 1 fully saturated rings. The summed E-state index contributed by atoms with van der Waals surface area (Å²) in [6.45, 7) is 0. The Morgan fingerprint density at radius 2 is 1.76 bits per heavy atom. The van der Waals surface area contributed by atoms with Gasteiger partial charge in [0.15, 0.2) is 5.76 Å². The molecule has 0 amide bonds. The lowest BCUT2D eigenvalue weighted by molar-refractivity contribution is 0.0920. The van der Waals surface area contributed by atoms with Gasteiger partial charge in [0.2, 0.25) is 5.78 Å². The van der Waals surface area contributed by atoms with Crippen LogP contribution in [0.2, 0.25) is 0 Å². The lowest BCUT2D eigenvalue weighted by Crippen LogP contribution is -2.20. The van der Waals surface area contributed by atoms with Gasteiger partial charge < -0.3 is 10.2 Å². The van der Waals surface area contributed by atoms with Crippen LogP contribution in [0.1, 0.15) is 29.0 Å². The Bertz CT molecular complexity index is 793. The monoisotopic (exact) mass is 277 g/mol. The van der Waals surface area contributed by atoms with Gasteiger partial charge in [0, 0.05) is 11.1 Å². The largest absolute Gasteiger partial charge is 0.453 e. The summed E-state index contributed by atoms with van der Waals surface area (Å²) in [4.78, 5) is 12.9. The van der Waals surface area contributed by atoms with Crippen molar-refractivity contribution in [1.29, 1.82) is 0 Å². The van der Waals surface area contributed by atoms with E-state index in [0.717, 1.165) is 29.4 Å². The molecular formula is C18H15NO2. The van der Waals surface area contributed by atoms with E-state index in [1.54, 1.807) is 0 Å². The first-order valence-electron chi connectivity index (χ1n) is 7.08. The van der Waals surface area contributed by atoms with Crippen LogP contribution in [-0.2, 0) is 5.41 Å². The van der Waals surface area contributed by atoms with E-state index in [9.17, 15) is 4.79 Å². The fraction of sp³-hybridized carbons (Fsp3) is 0.167. The summed E-state index contributed by atoms with van der Waals surface area (Å²) in [5, 5.41) is 0.967. The predicted molar refractivity (Wildman–Crippen MR) is 82.3 cm³/mol. The molecule has 1 aromatic heterocycles. The van der Waals surface area contributed by atoms with E-state index in [2.05, 4.69) is 0 Å². The number of carbonyl (C=O) groups is 1. The topological polar surface area (TPSA) is 56.2 Å². The molecule has 1 aliphatic rings. The van der Waals surface area contributed by atoms with Crippen LogP contribution in [0.5, 0.6) is 0 Å². The molecule has 1 saturated carbocycles. The van der Waals surface area contributed by atoms with E-state index in [1.165, 1.54) is 0 Å². The lowest BCUT2D eigenvalue weighted by atomic mass is 9.90. The number of hydrogen-bond donors (Lipinski definition) is 1. The number of carbonyl (C=O) groups excluding carboxylic acids is 1. The normalized spacial score (nSPS) is 16.0. The third-order valence-corrected chi connectivity index (χ3v) is 4.30. The molecule has 1 aliphatic carbocycles. The van der Waals surface area contributed by atoms with Crippen molar-refractivity contribution in [1.82, 2.24) is 0 Å². The van der Waals surface area contributed by atoms with Crippen molar-refractivity contribution in [2.24, 2.45) is 0 Å². The van der Waals surface area contributed by atoms with Gasteiger partial charge in [0.1, 0.15) is 5.58 Å². The zero-order chi connectivity index (χ0) is 14.4. The third kappa shape index (κ3) is 1.85. The van der Waals surface area contributed by atoms with E-state index >= 15 is 0 Å². The molecule has 3 nitrogen and oxygen atoms in total. The van der Waals surface area contributed by atoms with Crippen molar-refractivity contribution in [3.8, 4) is 0 Å². The van der Waals surface area contributed by atoms with Gasteiger partial charge in [0.25, 0.3) is 0 Å². The molecule has 2 aromatic carbocycles. The molecule has 2 N–H and O–H groups in total. The summed E-state index contributed by atoms with van der Waals surface area (Å²) in [6.07, 6.45) is 1.74. The minimum absolute atomic E-state index is 0.0727. The average Bonchev–Trinajstić information content (AvgIpc) is 3.19. The third-order valence-electron chi connectivity index (χ3n) is 4.30. The molecule has 3 heteroatoms. The van der Waals surface area contributed by atoms with Crippen molar-refractivity contribution in [3.63, 3.8) is 0 Å². The molecule has 0 radical (unpaired) electrons. The van der Waals surface area contributed by atoms with Crippen molar-refractivity contribution in [2.45, 2.75) is 18.3 Å². The number of anilines is 1. The molecule has 1 heterocycles. The van der Waals surface area contributed by atoms with Gasteiger partial charge in [-0.1, -0.05) is 30.3 Å². The molecular weight excluding hydrogens is 262 g/mol. The highest BCUT2D eigenvalue weighted by Crippen LogP contribution is 2.51. The van der Waals surface area contributed by atoms with Crippen molar-refractivity contribution in [2.75, 3.05) is 5.73 Å². The van der Waals surface area contributed by atoms with Gasteiger partial charge in [-0.05, 0) is 42.7 Å². The summed E-state index contributed by atoms with van der Waals surface area (Å²) in [7, 11) is 0. The molecule has 4 rings (SSSR count). The van der Waals surface area contributed by atoms with Crippen LogP contribution >= 0.6 is 0 Å². The van der Waals surface area contributed by atoms with Crippen LogP contribution in [0.4, 0.5) is 5.69 Å². The molecule has 0 spiro atoms. The van der Waals surface area contributed by atoms with Gasteiger partial charge in [-0.3, -0.25) is 4.79 Å². The number of rotatable bonds is 3. The zero-order valence-electron chi connectivity index (χ0n) is 11.5. The smallest absolute Gasteiger partial charge is 0.208 e. The van der Waals surface area contributed by atoms with Crippen molar-refractivity contribution in [3.05, 3.63) is 65.9 Å². The number of hydrogen-bond acceptors (Lipinski definition) is 3. The zero-order valence-corrected chi connectivity index (χ0v) is 11.5. The Labute approximate surface area is 122 Å². The van der Waals surface area contributed by atoms with Gasteiger partial charge in [-0.15, -0.1) is 0 Å². The molecule has 0 unspecified atom stereocenters. The summed E-state index contributed by atoms with van der Waals surface area (Å²) in [5.41, 5.74) is 7.81. The first kappa shape index (κ1) is 12.2. The van der Waals surface area contributed by atoms with E-state index < -0.39 is 5.41 Å². The highest BCUT2D eigenvalue weighted by molar-refractivity contribution is 6.06. The second-order valence-corrected chi connectivity index (χ2v) is 5.68. The fourth-order valence-corrected chi connectivity index (χ4v) is 2.90. The number of benzene rings is 2. The van der Waals surface area contributed by atoms with Gasteiger partial charge >= 0.3 is 0 Å². The molecule has 3 aromatic rings. The first-order chi connectivity index (χ1) is 10.2. The second kappa shape index (κ2) is 4.22. The van der Waals surface area contributed by atoms with Gasteiger partial charge in [0.05, 0.1) is 5.41 Å². The Balaban J connectivity index is 1.75. The molecule has 0 aliphatic heterocycles. The van der Waals surface area contributed by atoms with Crippen LogP contribution in [0.15, 0.2) is 59.0 Å². The van der Waals surface area contributed by atoms with E-state index in [0.29, 0.717) is 11.4 Å². The van der Waals surface area contributed by atoms with Gasteiger partial charge in [-0.2, -0.15) is 0 Å². The maximum atomic E-state index is 12.9. The summed E-state index contributed by atoms with van der Waals surface area (Å²) in [6, 6.07) is 17.1. The van der Waals surface area contributed by atoms with Crippen LogP contribution in [0.3, 0.4) is 0 Å². The van der Waals surface area contributed by atoms with Crippen LogP contribution in [-0.4, -0.2) is 5.78 Å². The lowest BCUT2D eigenvalue weighted by Gasteiger charge is -2.12. The fourth-order valence-electron chi connectivity index (χ4n) is 2.90. The minimum Gasteiger partial charge on any atom is -0.453 e. The number of furan rings is 1. The molecule has 104 valence electrons. The Hall–Kier alpha value is -2.55. The standard InChI is InChI=1S/C18H15NO2/c19-14-7-5-13(6-8-14)18(9-10-18)17(20)16-11-12-3-1-2-4-15(12)21-16/h1-8,11H,9-10,19H2. The molecule has 21 heavy (non-hydrogen) atoms. The quantitative estimate of drug-likeness (QED) is 0.583. The van der Waals surface area contributed by atoms with Crippen LogP contribution in [0, 0.1) is 0 Å². The SMILES string of the molecule is Nc1ccc(C2(C(=O)c3cc4ccccc4o3)CC2)cc1. The number of nitrogen functional groups attached to an aromatic ring is 1. The van der Waals surface area contributed by atoms with E-state index in [1.807, 2.05) is 54.6 Å². The minimum atomic E-state index is -0.415. The highest BCUT2D eigenvalue weighted by Gasteiger charge is 2.52. The number of ketones is 1. The number of para-hydroxylation sites is 1. The maximum Gasteiger partial charge on any atom is 0.208 e. The number of fused-ring (bicyclic) bond motifs is 1. The summed E-state index contributed by atoms with van der Waals surface area (Å²) >= 11 is 0. The first-order valence-corrected chi connectivity index (χ1v) is 7.08. The van der Waals surface area contributed by atoms with Crippen molar-refractivity contribution < 1.29 is 9.21 Å². The van der Waals surface area contributed by atoms with Crippen molar-refractivity contribution >= 4 is 22.4 Å². The highest BCUT2D eigenvalue weighted by atomic mass is 16.3. The summed E-state index contributed by atoms with van der Waals surface area (Å²) < 4.78 is 5.73. The van der Waals surface area contributed by atoms with E-state index in [4.69, 9.17) is 10.2 Å². The number of Topliss-reactive ketones (excluding diaryl/α,β-unsaturated/α-hetero) is 1. The summed E-state index contributed by atoms with van der Waals surface area (Å²) in [5.74, 6) is 0.522. The predicted octanol–water partition coefficient (Wildman–Crippen LogP) is 3.93. The molecule has 0 atom stereocenters. The average molecular weight is 277 g/mol. The van der Waals surface area contributed by atoms with Crippen LogP contribution in [0.25, 0.3) is 11.0 Å². The maximum absolute atomic E-state index is 12.9. The second-order valence-electron chi connectivity index (χ2n) is 5.68. The molecule has 0 bridgehead atoms. The van der Waals surface area contributed by atoms with Crippen LogP contribution < -0.4 is 5.73 Å². The Morgan fingerprint density at radius 3 is 2.43 bits per heavy atom. The Kier molecular flexibility index (Phi) is 2.45. The van der Waals surface area contributed by atoms with Gasteiger partial charge in [-0.25, -0.2) is 0 Å². The van der Waals surface area contributed by atoms with E-state index in [-0.39, 0.29) is 5.78 Å².